The van der Waals surface area contributed by atoms with Gasteiger partial charge < -0.3 is 20.1 Å². The molecule has 6 heteroatoms. The summed E-state index contributed by atoms with van der Waals surface area (Å²) in [6, 6.07) is 8.10. The largest absolute Gasteiger partial charge is 0.497 e. The smallest absolute Gasteiger partial charge is 0.315 e. The van der Waals surface area contributed by atoms with Gasteiger partial charge in [-0.05, 0) is 37.5 Å². The number of hydrogen-bond donors (Lipinski definition) is 2. The van der Waals surface area contributed by atoms with Crippen molar-refractivity contribution in [1.29, 1.82) is 0 Å². The van der Waals surface area contributed by atoms with Crippen LogP contribution in [-0.2, 0) is 11.2 Å². The minimum absolute atomic E-state index is 0.0921. The molecule has 0 unspecified atom stereocenters. The van der Waals surface area contributed by atoms with Gasteiger partial charge in [-0.1, -0.05) is 12.1 Å². The summed E-state index contributed by atoms with van der Waals surface area (Å²) >= 11 is 0. The second kappa shape index (κ2) is 10.2. The highest BCUT2D eigenvalue weighted by molar-refractivity contribution is 5.74. The molecular weight excluding hydrogens is 306 g/mol. The Balaban J connectivity index is 1.58. The summed E-state index contributed by atoms with van der Waals surface area (Å²) in [4.78, 5) is 14.2. The van der Waals surface area contributed by atoms with E-state index in [1.807, 2.05) is 19.1 Å². The zero-order valence-electron chi connectivity index (χ0n) is 14.7. The van der Waals surface area contributed by atoms with Crippen molar-refractivity contribution >= 4 is 6.03 Å². The number of carbonyl (C=O) groups is 1. The fourth-order valence-electron chi connectivity index (χ4n) is 2.67. The number of amides is 2. The molecule has 1 aliphatic rings. The van der Waals surface area contributed by atoms with Crippen LogP contribution in [0.2, 0.25) is 0 Å². The van der Waals surface area contributed by atoms with E-state index in [1.54, 1.807) is 7.11 Å². The molecule has 0 radical (unpaired) electrons. The molecule has 0 bridgehead atoms. The van der Waals surface area contributed by atoms with Crippen LogP contribution in [0.4, 0.5) is 4.79 Å². The van der Waals surface area contributed by atoms with Gasteiger partial charge in [0.1, 0.15) is 5.75 Å². The van der Waals surface area contributed by atoms with E-state index in [-0.39, 0.29) is 12.1 Å². The third kappa shape index (κ3) is 6.76. The summed E-state index contributed by atoms with van der Waals surface area (Å²) in [5.74, 6) is 0.865. The van der Waals surface area contributed by atoms with E-state index in [1.165, 1.54) is 5.56 Å². The van der Waals surface area contributed by atoms with E-state index in [4.69, 9.17) is 9.47 Å². The molecule has 0 aliphatic carbocycles. The molecule has 1 fully saturated rings. The Hall–Kier alpha value is -1.79. The average Bonchev–Trinajstić information content (AvgIpc) is 2.61. The summed E-state index contributed by atoms with van der Waals surface area (Å²) in [6.07, 6.45) is 1.84. The van der Waals surface area contributed by atoms with Crippen LogP contribution in [0.25, 0.3) is 0 Å². The van der Waals surface area contributed by atoms with Crippen molar-refractivity contribution in [3.05, 3.63) is 29.8 Å². The van der Waals surface area contributed by atoms with Crippen molar-refractivity contribution in [3.63, 3.8) is 0 Å². The first kappa shape index (κ1) is 18.5. The Morgan fingerprint density at radius 2 is 2.00 bits per heavy atom. The molecule has 0 aromatic heterocycles. The average molecular weight is 335 g/mol. The zero-order chi connectivity index (χ0) is 17.2. The van der Waals surface area contributed by atoms with Crippen LogP contribution in [0.3, 0.4) is 0 Å². The lowest BCUT2D eigenvalue weighted by atomic mass is 10.1. The van der Waals surface area contributed by atoms with E-state index in [0.29, 0.717) is 6.54 Å². The quantitative estimate of drug-likeness (QED) is 0.758. The monoisotopic (exact) mass is 335 g/mol. The van der Waals surface area contributed by atoms with E-state index >= 15 is 0 Å². The maximum absolute atomic E-state index is 11.9. The Morgan fingerprint density at radius 3 is 2.67 bits per heavy atom. The van der Waals surface area contributed by atoms with Gasteiger partial charge in [0.25, 0.3) is 0 Å². The number of ether oxygens (including phenoxy) is 2. The SMILES string of the molecule is COc1ccc(CC[C@H](C)NC(=O)NCCN2CCOCC2)cc1. The second-order valence-electron chi connectivity index (χ2n) is 6.14. The number of methoxy groups -OCH3 is 1. The van der Waals surface area contributed by atoms with E-state index < -0.39 is 0 Å². The third-order valence-corrected chi connectivity index (χ3v) is 4.22. The molecule has 2 rings (SSSR count). The van der Waals surface area contributed by atoms with Crippen molar-refractivity contribution in [2.24, 2.45) is 0 Å². The molecule has 1 aromatic carbocycles. The van der Waals surface area contributed by atoms with Gasteiger partial charge in [0.05, 0.1) is 20.3 Å². The molecule has 134 valence electrons. The van der Waals surface area contributed by atoms with Gasteiger partial charge in [-0.15, -0.1) is 0 Å². The highest BCUT2D eigenvalue weighted by atomic mass is 16.5. The van der Waals surface area contributed by atoms with E-state index in [0.717, 1.165) is 51.4 Å². The molecular formula is C18H29N3O3. The van der Waals surface area contributed by atoms with Crippen molar-refractivity contribution in [2.45, 2.75) is 25.8 Å². The van der Waals surface area contributed by atoms with Crippen LogP contribution in [0.15, 0.2) is 24.3 Å². The lowest BCUT2D eigenvalue weighted by Crippen LogP contribution is -2.45. The zero-order valence-corrected chi connectivity index (χ0v) is 14.7. The van der Waals surface area contributed by atoms with E-state index in [9.17, 15) is 4.79 Å². The lowest BCUT2D eigenvalue weighted by Gasteiger charge is -2.26. The third-order valence-electron chi connectivity index (χ3n) is 4.22. The molecule has 1 aliphatic heterocycles. The number of benzene rings is 1. The predicted octanol–water partition coefficient (Wildman–Crippen LogP) is 1.65. The number of nitrogens with zero attached hydrogens (tertiary/aromatic N) is 1. The minimum Gasteiger partial charge on any atom is -0.497 e. The molecule has 1 saturated heterocycles. The van der Waals surface area contributed by atoms with Crippen LogP contribution in [-0.4, -0.2) is 63.5 Å². The van der Waals surface area contributed by atoms with Gasteiger partial charge in [0.15, 0.2) is 0 Å². The van der Waals surface area contributed by atoms with Crippen molar-refractivity contribution in [1.82, 2.24) is 15.5 Å². The summed E-state index contributed by atoms with van der Waals surface area (Å²) in [5.41, 5.74) is 1.25. The summed E-state index contributed by atoms with van der Waals surface area (Å²) in [6.45, 7) is 7.03. The fourth-order valence-corrected chi connectivity index (χ4v) is 2.67. The molecule has 1 aromatic rings. The van der Waals surface area contributed by atoms with Crippen LogP contribution < -0.4 is 15.4 Å². The Kier molecular flexibility index (Phi) is 7.85. The molecule has 2 amide bonds. The lowest BCUT2D eigenvalue weighted by molar-refractivity contribution is 0.0387. The van der Waals surface area contributed by atoms with Crippen LogP contribution in [0, 0.1) is 0 Å². The van der Waals surface area contributed by atoms with Crippen molar-refractivity contribution in [3.8, 4) is 5.75 Å². The van der Waals surface area contributed by atoms with Gasteiger partial charge in [0, 0.05) is 32.2 Å². The van der Waals surface area contributed by atoms with Gasteiger partial charge in [-0.3, -0.25) is 4.90 Å². The van der Waals surface area contributed by atoms with Gasteiger partial charge >= 0.3 is 6.03 Å². The first-order valence-corrected chi connectivity index (χ1v) is 8.65. The van der Waals surface area contributed by atoms with Crippen LogP contribution >= 0.6 is 0 Å². The highest BCUT2D eigenvalue weighted by Gasteiger charge is 2.11. The number of morpholine rings is 1. The first-order chi connectivity index (χ1) is 11.7. The Labute approximate surface area is 144 Å². The normalized spacial score (nSPS) is 16.4. The Bertz CT molecular complexity index is 487. The molecule has 1 atom stereocenters. The first-order valence-electron chi connectivity index (χ1n) is 8.65. The van der Waals surface area contributed by atoms with Gasteiger partial charge in [0.2, 0.25) is 0 Å². The van der Waals surface area contributed by atoms with Crippen molar-refractivity contribution < 1.29 is 14.3 Å². The number of rotatable bonds is 8. The molecule has 2 N–H and O–H groups in total. The van der Waals surface area contributed by atoms with Crippen LogP contribution in [0.5, 0.6) is 5.75 Å². The highest BCUT2D eigenvalue weighted by Crippen LogP contribution is 2.13. The second-order valence-corrected chi connectivity index (χ2v) is 6.14. The predicted molar refractivity (Wildman–Crippen MR) is 94.6 cm³/mol. The molecule has 1 heterocycles. The summed E-state index contributed by atoms with van der Waals surface area (Å²) in [5, 5.41) is 5.92. The molecule has 0 spiro atoms. The van der Waals surface area contributed by atoms with Gasteiger partial charge in [-0.2, -0.15) is 0 Å². The number of aryl methyl sites for hydroxylation is 1. The van der Waals surface area contributed by atoms with Crippen LogP contribution in [0.1, 0.15) is 18.9 Å². The molecule has 24 heavy (non-hydrogen) atoms. The maximum atomic E-state index is 11.9. The number of nitrogens with one attached hydrogen (secondary N) is 2. The summed E-state index contributed by atoms with van der Waals surface area (Å²) < 4.78 is 10.5. The number of carbonyl (C=O) groups excluding carboxylic acids is 1. The molecule has 6 nitrogen and oxygen atoms in total. The minimum atomic E-state index is -0.0921. The van der Waals surface area contributed by atoms with Crippen molar-refractivity contribution in [2.75, 3.05) is 46.5 Å². The standard InChI is InChI=1S/C18H29N3O3/c1-15(3-4-16-5-7-17(23-2)8-6-16)20-18(22)19-9-10-21-11-13-24-14-12-21/h5-8,15H,3-4,9-14H2,1-2H3,(H2,19,20,22)/t15-/m0/s1. The van der Waals surface area contributed by atoms with E-state index in [2.05, 4.69) is 27.7 Å². The van der Waals surface area contributed by atoms with Gasteiger partial charge in [-0.25, -0.2) is 4.79 Å². The molecule has 0 saturated carbocycles. The fraction of sp³-hybridized carbons (Fsp3) is 0.611. The summed E-state index contributed by atoms with van der Waals surface area (Å²) in [7, 11) is 1.67. The number of hydrogen-bond acceptors (Lipinski definition) is 4. The maximum Gasteiger partial charge on any atom is 0.315 e. The number of urea groups is 1. The Morgan fingerprint density at radius 1 is 1.29 bits per heavy atom. The topological polar surface area (TPSA) is 62.8 Å².